The van der Waals surface area contributed by atoms with Crippen LogP contribution in [0.2, 0.25) is 0 Å². The summed E-state index contributed by atoms with van der Waals surface area (Å²) in [6.45, 7) is 3.99. The third kappa shape index (κ3) is 4.20. The molecule has 0 amide bonds. The highest BCUT2D eigenvalue weighted by atomic mass is 32.2. The maximum atomic E-state index is 9.41. The van der Waals surface area contributed by atoms with Gasteiger partial charge in [0.2, 0.25) is 0 Å². The average molecular weight is 227 g/mol. The van der Waals surface area contributed by atoms with Crippen LogP contribution in [0.3, 0.4) is 0 Å². The maximum absolute atomic E-state index is 9.41. The van der Waals surface area contributed by atoms with Crippen LogP contribution < -0.4 is 0 Å². The molecule has 0 aliphatic heterocycles. The molecule has 1 aromatic rings. The predicted octanol–water partition coefficient (Wildman–Crippen LogP) is 2.00. The molecule has 1 heterocycles. The first-order chi connectivity index (χ1) is 7.13. The molecule has 1 unspecified atom stereocenters. The Morgan fingerprint density at radius 3 is 2.80 bits per heavy atom. The van der Waals surface area contributed by atoms with Gasteiger partial charge < -0.3 is 10.2 Å². The molecule has 1 aromatic heterocycles. The molecule has 3 nitrogen and oxygen atoms in total. The number of aromatic nitrogens is 1. The molecule has 1 rings (SSSR count). The Kier molecular flexibility index (Phi) is 5.08. The SMILES string of the molecule is CC(CCO)Sc1cc([C@@H](C)O)ccn1. The lowest BCUT2D eigenvalue weighted by atomic mass is 10.2. The second-order valence-corrected chi connectivity index (χ2v) is 5.00. The van der Waals surface area contributed by atoms with E-state index in [2.05, 4.69) is 11.9 Å². The van der Waals surface area contributed by atoms with Crippen molar-refractivity contribution in [3.8, 4) is 0 Å². The van der Waals surface area contributed by atoms with Gasteiger partial charge in [-0.05, 0) is 31.0 Å². The van der Waals surface area contributed by atoms with E-state index >= 15 is 0 Å². The van der Waals surface area contributed by atoms with E-state index < -0.39 is 6.10 Å². The molecule has 0 saturated carbocycles. The molecule has 0 spiro atoms. The van der Waals surface area contributed by atoms with Gasteiger partial charge in [-0.1, -0.05) is 6.92 Å². The lowest BCUT2D eigenvalue weighted by Gasteiger charge is -2.10. The van der Waals surface area contributed by atoms with Crippen LogP contribution in [0, 0.1) is 0 Å². The van der Waals surface area contributed by atoms with Crippen molar-refractivity contribution in [1.82, 2.24) is 4.98 Å². The van der Waals surface area contributed by atoms with E-state index in [1.54, 1.807) is 24.9 Å². The number of pyridine rings is 1. The summed E-state index contributed by atoms with van der Waals surface area (Å²) < 4.78 is 0. The number of hydrogen-bond acceptors (Lipinski definition) is 4. The van der Waals surface area contributed by atoms with Crippen molar-refractivity contribution in [2.24, 2.45) is 0 Å². The van der Waals surface area contributed by atoms with E-state index in [1.807, 2.05) is 12.1 Å². The summed E-state index contributed by atoms with van der Waals surface area (Å²) in [5, 5.41) is 19.4. The number of hydrogen-bond donors (Lipinski definition) is 2. The van der Waals surface area contributed by atoms with Gasteiger partial charge in [-0.25, -0.2) is 4.98 Å². The zero-order chi connectivity index (χ0) is 11.3. The number of rotatable bonds is 5. The van der Waals surface area contributed by atoms with Gasteiger partial charge in [0.05, 0.1) is 11.1 Å². The van der Waals surface area contributed by atoms with Crippen LogP contribution in [-0.4, -0.2) is 27.1 Å². The fraction of sp³-hybridized carbons (Fsp3) is 0.545. The topological polar surface area (TPSA) is 53.4 Å². The van der Waals surface area contributed by atoms with Crippen LogP contribution in [0.5, 0.6) is 0 Å². The van der Waals surface area contributed by atoms with Gasteiger partial charge in [0.25, 0.3) is 0 Å². The highest BCUT2D eigenvalue weighted by Gasteiger charge is 2.07. The van der Waals surface area contributed by atoms with Crippen molar-refractivity contribution in [2.75, 3.05) is 6.61 Å². The molecule has 15 heavy (non-hydrogen) atoms. The highest BCUT2D eigenvalue weighted by molar-refractivity contribution is 7.99. The van der Waals surface area contributed by atoms with Gasteiger partial charge in [0.1, 0.15) is 0 Å². The van der Waals surface area contributed by atoms with E-state index in [1.165, 1.54) is 0 Å². The Balaban J connectivity index is 2.65. The van der Waals surface area contributed by atoms with Gasteiger partial charge in [-0.3, -0.25) is 0 Å². The van der Waals surface area contributed by atoms with E-state index in [9.17, 15) is 5.11 Å². The predicted molar refractivity (Wildman–Crippen MR) is 61.9 cm³/mol. The molecule has 0 aromatic carbocycles. The molecule has 2 N–H and O–H groups in total. The van der Waals surface area contributed by atoms with E-state index in [4.69, 9.17) is 5.11 Å². The second kappa shape index (κ2) is 6.10. The van der Waals surface area contributed by atoms with Crippen LogP contribution in [0.1, 0.15) is 31.9 Å². The van der Waals surface area contributed by atoms with Gasteiger partial charge in [-0.2, -0.15) is 0 Å². The van der Waals surface area contributed by atoms with Crippen molar-refractivity contribution >= 4 is 11.8 Å². The maximum Gasteiger partial charge on any atom is 0.0966 e. The number of aliphatic hydroxyl groups is 2. The smallest absolute Gasteiger partial charge is 0.0966 e. The third-order valence-electron chi connectivity index (χ3n) is 2.10. The first-order valence-corrected chi connectivity index (χ1v) is 5.93. The molecular weight excluding hydrogens is 210 g/mol. The van der Waals surface area contributed by atoms with Crippen LogP contribution in [0.4, 0.5) is 0 Å². The Morgan fingerprint density at radius 1 is 1.47 bits per heavy atom. The van der Waals surface area contributed by atoms with Crippen molar-refractivity contribution in [3.05, 3.63) is 23.9 Å². The third-order valence-corrected chi connectivity index (χ3v) is 3.20. The van der Waals surface area contributed by atoms with Crippen molar-refractivity contribution in [3.63, 3.8) is 0 Å². The van der Waals surface area contributed by atoms with Crippen LogP contribution in [0.15, 0.2) is 23.4 Å². The lowest BCUT2D eigenvalue weighted by Crippen LogP contribution is -2.00. The molecule has 2 atom stereocenters. The van der Waals surface area contributed by atoms with Gasteiger partial charge in [-0.15, -0.1) is 11.8 Å². The zero-order valence-corrected chi connectivity index (χ0v) is 9.87. The number of aliphatic hydroxyl groups excluding tert-OH is 2. The minimum absolute atomic E-state index is 0.199. The quantitative estimate of drug-likeness (QED) is 0.755. The lowest BCUT2D eigenvalue weighted by molar-refractivity contribution is 0.199. The highest BCUT2D eigenvalue weighted by Crippen LogP contribution is 2.25. The van der Waals surface area contributed by atoms with Gasteiger partial charge in [0.15, 0.2) is 0 Å². The molecule has 84 valence electrons. The zero-order valence-electron chi connectivity index (χ0n) is 9.05. The molecular formula is C11H17NO2S. The van der Waals surface area contributed by atoms with Gasteiger partial charge >= 0.3 is 0 Å². The van der Waals surface area contributed by atoms with Gasteiger partial charge in [0, 0.05) is 18.1 Å². The summed E-state index contributed by atoms with van der Waals surface area (Å²) in [6, 6.07) is 3.70. The standard InChI is InChI=1S/C11H17NO2S/c1-8(4-6-13)15-11-7-10(9(2)14)3-5-12-11/h3,5,7-9,13-14H,4,6H2,1-2H3/t8?,9-/m1/s1. The normalized spacial score (nSPS) is 14.9. The van der Waals surface area contributed by atoms with Crippen molar-refractivity contribution in [2.45, 2.75) is 36.6 Å². The van der Waals surface area contributed by atoms with E-state index in [0.717, 1.165) is 17.0 Å². The fourth-order valence-corrected chi connectivity index (χ4v) is 2.16. The summed E-state index contributed by atoms with van der Waals surface area (Å²) in [7, 11) is 0. The number of thioether (sulfide) groups is 1. The van der Waals surface area contributed by atoms with Crippen molar-refractivity contribution in [1.29, 1.82) is 0 Å². The average Bonchev–Trinajstić information content (AvgIpc) is 2.18. The minimum Gasteiger partial charge on any atom is -0.396 e. The molecule has 4 heteroatoms. The van der Waals surface area contributed by atoms with Crippen LogP contribution >= 0.6 is 11.8 Å². The molecule has 0 radical (unpaired) electrons. The molecule has 0 fully saturated rings. The Morgan fingerprint density at radius 2 is 2.20 bits per heavy atom. The van der Waals surface area contributed by atoms with Crippen LogP contribution in [-0.2, 0) is 0 Å². The fourth-order valence-electron chi connectivity index (χ4n) is 1.20. The minimum atomic E-state index is -0.458. The number of nitrogens with zero attached hydrogens (tertiary/aromatic N) is 1. The van der Waals surface area contributed by atoms with Crippen molar-refractivity contribution < 1.29 is 10.2 Å². The molecule has 0 saturated heterocycles. The summed E-state index contributed by atoms with van der Waals surface area (Å²) in [4.78, 5) is 4.21. The Hall–Kier alpha value is -0.580. The molecule has 0 aliphatic rings. The molecule has 0 bridgehead atoms. The first-order valence-electron chi connectivity index (χ1n) is 5.05. The summed E-state index contributed by atoms with van der Waals surface area (Å²) in [5.74, 6) is 0. The Bertz CT molecular complexity index is 304. The summed E-state index contributed by atoms with van der Waals surface area (Å²) in [6.07, 6.45) is 2.00. The second-order valence-electron chi connectivity index (χ2n) is 3.54. The largest absolute Gasteiger partial charge is 0.396 e. The van der Waals surface area contributed by atoms with Crippen LogP contribution in [0.25, 0.3) is 0 Å². The monoisotopic (exact) mass is 227 g/mol. The van der Waals surface area contributed by atoms with E-state index in [0.29, 0.717) is 5.25 Å². The summed E-state index contributed by atoms with van der Waals surface area (Å²) in [5.41, 5.74) is 0.878. The summed E-state index contributed by atoms with van der Waals surface area (Å²) >= 11 is 1.62. The first kappa shape index (κ1) is 12.5. The molecule has 0 aliphatic carbocycles. The Labute approximate surface area is 94.6 Å². The van der Waals surface area contributed by atoms with E-state index in [-0.39, 0.29) is 6.61 Å².